The Morgan fingerprint density at radius 2 is 1.94 bits per heavy atom. The van der Waals surface area contributed by atoms with Gasteiger partial charge in [0.1, 0.15) is 12.4 Å². The minimum atomic E-state index is 0.445. The summed E-state index contributed by atoms with van der Waals surface area (Å²) in [4.78, 5) is 11.7. The van der Waals surface area contributed by atoms with Crippen molar-refractivity contribution in [2.45, 2.75) is 52.1 Å². The number of hydrogen-bond acceptors (Lipinski definition) is 4. The monoisotopic (exact) mass is 423 g/mol. The maximum Gasteiger partial charge on any atom is 0.191 e. The van der Waals surface area contributed by atoms with E-state index in [1.165, 1.54) is 5.56 Å². The van der Waals surface area contributed by atoms with Crippen LogP contribution in [-0.4, -0.2) is 54.7 Å². The van der Waals surface area contributed by atoms with Crippen LogP contribution >= 0.6 is 0 Å². The van der Waals surface area contributed by atoms with Crippen molar-refractivity contribution in [2.24, 2.45) is 4.99 Å². The zero-order valence-electron chi connectivity index (χ0n) is 19.2. The van der Waals surface area contributed by atoms with Crippen molar-refractivity contribution >= 4 is 5.96 Å². The average Bonchev–Trinajstić information content (AvgIpc) is 2.79. The second kappa shape index (κ2) is 12.3. The third-order valence-electron chi connectivity index (χ3n) is 5.54. The quantitative estimate of drug-likeness (QED) is 0.365. The van der Waals surface area contributed by atoms with Gasteiger partial charge in [-0.1, -0.05) is 38.1 Å². The normalized spacial score (nSPS) is 15.8. The van der Waals surface area contributed by atoms with Crippen LogP contribution in [0.1, 0.15) is 50.8 Å². The molecular weight excluding hydrogens is 386 g/mol. The zero-order valence-corrected chi connectivity index (χ0v) is 19.2. The van der Waals surface area contributed by atoms with Gasteiger partial charge in [0.15, 0.2) is 5.96 Å². The molecule has 0 amide bonds. The summed E-state index contributed by atoms with van der Waals surface area (Å²) in [6, 6.07) is 14.8. The zero-order chi connectivity index (χ0) is 21.9. The van der Waals surface area contributed by atoms with Crippen molar-refractivity contribution in [2.75, 3.05) is 32.8 Å². The van der Waals surface area contributed by atoms with E-state index in [0.29, 0.717) is 25.1 Å². The largest absolute Gasteiger partial charge is 0.491 e. The Morgan fingerprint density at radius 3 is 2.65 bits per heavy atom. The highest BCUT2D eigenvalue weighted by atomic mass is 16.5. The Labute approximate surface area is 187 Å². The molecule has 1 fully saturated rings. The highest BCUT2D eigenvalue weighted by Gasteiger charge is 2.20. The number of aliphatic imine (C=N–C) groups is 1. The summed E-state index contributed by atoms with van der Waals surface area (Å²) in [7, 11) is 0. The summed E-state index contributed by atoms with van der Waals surface area (Å²) in [5.74, 6) is 2.29. The van der Waals surface area contributed by atoms with Gasteiger partial charge in [-0.25, -0.2) is 4.99 Å². The highest BCUT2D eigenvalue weighted by molar-refractivity contribution is 5.80. The number of nitrogens with one attached hydrogen (secondary N) is 2. The second-order valence-corrected chi connectivity index (χ2v) is 8.32. The molecule has 1 saturated heterocycles. The fourth-order valence-corrected chi connectivity index (χ4v) is 3.87. The SMILES string of the molecule is CCNC(=NCCOc1ccccc1C(C)C)NC1CCN(Cc2ccccn2)CC1. The van der Waals surface area contributed by atoms with Gasteiger partial charge in [-0.3, -0.25) is 9.88 Å². The number of benzene rings is 1. The van der Waals surface area contributed by atoms with Crippen LogP contribution in [-0.2, 0) is 6.54 Å². The average molecular weight is 424 g/mol. The fourth-order valence-electron chi connectivity index (χ4n) is 3.87. The Bertz CT molecular complexity index is 801. The molecule has 2 N–H and O–H groups in total. The summed E-state index contributed by atoms with van der Waals surface area (Å²) < 4.78 is 6.01. The lowest BCUT2D eigenvalue weighted by Crippen LogP contribution is -2.48. The predicted octanol–water partition coefficient (Wildman–Crippen LogP) is 3.80. The molecule has 6 heteroatoms. The Hall–Kier alpha value is -2.60. The first-order valence-corrected chi connectivity index (χ1v) is 11.5. The van der Waals surface area contributed by atoms with Crippen LogP contribution in [0.2, 0.25) is 0 Å². The van der Waals surface area contributed by atoms with Crippen molar-refractivity contribution in [3.8, 4) is 5.75 Å². The number of nitrogens with zero attached hydrogens (tertiary/aromatic N) is 3. The molecule has 2 aromatic rings. The lowest BCUT2D eigenvalue weighted by Gasteiger charge is -2.32. The Balaban J connectivity index is 1.44. The van der Waals surface area contributed by atoms with Crippen molar-refractivity contribution in [3.63, 3.8) is 0 Å². The molecule has 0 spiro atoms. The third-order valence-corrected chi connectivity index (χ3v) is 5.54. The van der Waals surface area contributed by atoms with Gasteiger partial charge in [0.25, 0.3) is 0 Å². The minimum absolute atomic E-state index is 0.445. The molecule has 1 aliphatic rings. The molecule has 0 radical (unpaired) electrons. The van der Waals surface area contributed by atoms with Crippen LogP contribution in [0.4, 0.5) is 0 Å². The number of guanidine groups is 1. The van der Waals surface area contributed by atoms with Gasteiger partial charge in [0.05, 0.1) is 12.2 Å². The number of pyridine rings is 1. The van der Waals surface area contributed by atoms with Crippen molar-refractivity contribution in [1.82, 2.24) is 20.5 Å². The van der Waals surface area contributed by atoms with Crippen molar-refractivity contribution in [3.05, 3.63) is 59.9 Å². The molecular formula is C25H37N5O. The topological polar surface area (TPSA) is 61.8 Å². The molecule has 0 atom stereocenters. The van der Waals surface area contributed by atoms with Crippen LogP contribution < -0.4 is 15.4 Å². The van der Waals surface area contributed by atoms with Crippen molar-refractivity contribution in [1.29, 1.82) is 0 Å². The number of hydrogen-bond donors (Lipinski definition) is 2. The van der Waals surface area contributed by atoms with Crippen LogP contribution in [0.3, 0.4) is 0 Å². The molecule has 168 valence electrons. The highest BCUT2D eigenvalue weighted by Crippen LogP contribution is 2.25. The molecule has 31 heavy (non-hydrogen) atoms. The lowest BCUT2D eigenvalue weighted by atomic mass is 10.0. The summed E-state index contributed by atoms with van der Waals surface area (Å²) >= 11 is 0. The first-order valence-electron chi connectivity index (χ1n) is 11.5. The predicted molar refractivity (Wildman–Crippen MR) is 128 cm³/mol. The van der Waals surface area contributed by atoms with Crippen LogP contribution in [0.5, 0.6) is 5.75 Å². The molecule has 1 aromatic carbocycles. The van der Waals surface area contributed by atoms with E-state index < -0.39 is 0 Å². The number of para-hydroxylation sites is 1. The first-order chi connectivity index (χ1) is 15.2. The number of piperidine rings is 1. The number of ether oxygens (including phenoxy) is 1. The molecule has 1 aromatic heterocycles. The van der Waals surface area contributed by atoms with Gasteiger partial charge >= 0.3 is 0 Å². The molecule has 0 saturated carbocycles. The maximum atomic E-state index is 6.01. The second-order valence-electron chi connectivity index (χ2n) is 8.32. The molecule has 0 aliphatic carbocycles. The molecule has 0 bridgehead atoms. The van der Waals surface area contributed by atoms with E-state index in [1.807, 2.05) is 24.4 Å². The van der Waals surface area contributed by atoms with Gasteiger partial charge in [-0.15, -0.1) is 0 Å². The van der Waals surface area contributed by atoms with E-state index in [4.69, 9.17) is 9.73 Å². The van der Waals surface area contributed by atoms with E-state index in [0.717, 1.165) is 56.4 Å². The van der Waals surface area contributed by atoms with Crippen LogP contribution in [0.15, 0.2) is 53.7 Å². The van der Waals surface area contributed by atoms with E-state index in [2.05, 4.69) is 65.6 Å². The molecule has 1 aliphatic heterocycles. The van der Waals surface area contributed by atoms with Crippen molar-refractivity contribution < 1.29 is 4.74 Å². The van der Waals surface area contributed by atoms with E-state index in [-0.39, 0.29) is 0 Å². The fraction of sp³-hybridized carbons (Fsp3) is 0.520. The molecule has 2 heterocycles. The molecule has 3 rings (SSSR count). The number of aromatic nitrogens is 1. The Morgan fingerprint density at radius 1 is 1.16 bits per heavy atom. The van der Waals surface area contributed by atoms with E-state index in [1.54, 1.807) is 0 Å². The minimum Gasteiger partial charge on any atom is -0.491 e. The van der Waals surface area contributed by atoms with Gasteiger partial charge < -0.3 is 15.4 Å². The lowest BCUT2D eigenvalue weighted by molar-refractivity contribution is 0.196. The first kappa shape index (κ1) is 23.1. The van der Waals surface area contributed by atoms with Gasteiger partial charge in [0, 0.05) is 38.4 Å². The Kier molecular flexibility index (Phi) is 9.16. The molecule has 6 nitrogen and oxygen atoms in total. The number of rotatable bonds is 9. The summed E-state index contributed by atoms with van der Waals surface area (Å²) in [6.45, 7) is 11.6. The van der Waals surface area contributed by atoms with E-state index >= 15 is 0 Å². The van der Waals surface area contributed by atoms with E-state index in [9.17, 15) is 0 Å². The smallest absolute Gasteiger partial charge is 0.191 e. The van der Waals surface area contributed by atoms with Crippen LogP contribution in [0, 0.1) is 0 Å². The summed E-state index contributed by atoms with van der Waals surface area (Å²) in [5, 5.41) is 6.98. The van der Waals surface area contributed by atoms with Gasteiger partial charge in [-0.05, 0) is 49.4 Å². The standard InChI is InChI=1S/C25H37N5O/c1-4-26-25(28-15-18-31-24-11-6-5-10-23(24)20(2)3)29-21-12-16-30(17-13-21)19-22-9-7-8-14-27-22/h5-11,14,20-21H,4,12-13,15-19H2,1-3H3,(H2,26,28,29). The number of likely N-dealkylation sites (tertiary alicyclic amines) is 1. The summed E-state index contributed by atoms with van der Waals surface area (Å²) in [5.41, 5.74) is 2.39. The van der Waals surface area contributed by atoms with Crippen LogP contribution in [0.25, 0.3) is 0 Å². The summed E-state index contributed by atoms with van der Waals surface area (Å²) in [6.07, 6.45) is 4.08. The van der Waals surface area contributed by atoms with Gasteiger partial charge in [0.2, 0.25) is 0 Å². The van der Waals surface area contributed by atoms with Gasteiger partial charge in [-0.2, -0.15) is 0 Å². The maximum absolute atomic E-state index is 6.01. The third kappa shape index (κ3) is 7.55. The molecule has 0 unspecified atom stereocenters.